The molecule has 3 aromatic rings. The van der Waals surface area contributed by atoms with Crippen molar-refractivity contribution in [1.82, 2.24) is 4.98 Å². The van der Waals surface area contributed by atoms with Gasteiger partial charge in [0.15, 0.2) is 16.7 Å². The molecule has 3 rings (SSSR count). The van der Waals surface area contributed by atoms with Crippen LogP contribution in [0.15, 0.2) is 41.8 Å². The SMILES string of the molecule is COc1ccc(-c2csc(Nc3ccc(C)c(Cl)c3)n2)cc1F. The van der Waals surface area contributed by atoms with E-state index < -0.39 is 5.82 Å². The van der Waals surface area contributed by atoms with Crippen LogP contribution in [0, 0.1) is 12.7 Å². The Hall–Kier alpha value is -2.11. The molecule has 2 aromatic carbocycles. The zero-order valence-corrected chi connectivity index (χ0v) is 14.1. The van der Waals surface area contributed by atoms with Crippen LogP contribution in [-0.2, 0) is 0 Å². The highest BCUT2D eigenvalue weighted by Crippen LogP contribution is 2.30. The number of thiazole rings is 1. The topological polar surface area (TPSA) is 34.1 Å². The van der Waals surface area contributed by atoms with E-state index in [2.05, 4.69) is 10.3 Å². The van der Waals surface area contributed by atoms with E-state index in [1.54, 1.807) is 12.1 Å². The van der Waals surface area contributed by atoms with Crippen molar-refractivity contribution >= 4 is 33.8 Å². The summed E-state index contributed by atoms with van der Waals surface area (Å²) in [6, 6.07) is 10.5. The summed E-state index contributed by atoms with van der Waals surface area (Å²) in [5.41, 5.74) is 3.29. The number of nitrogens with one attached hydrogen (secondary N) is 1. The number of halogens is 2. The average molecular weight is 349 g/mol. The maximum absolute atomic E-state index is 13.8. The summed E-state index contributed by atoms with van der Waals surface area (Å²) in [6.07, 6.45) is 0. The highest BCUT2D eigenvalue weighted by Gasteiger charge is 2.09. The summed E-state index contributed by atoms with van der Waals surface area (Å²) in [5.74, 6) is -0.186. The molecule has 0 aliphatic carbocycles. The predicted molar refractivity (Wildman–Crippen MR) is 93.5 cm³/mol. The van der Waals surface area contributed by atoms with Gasteiger partial charge in [0.05, 0.1) is 12.8 Å². The number of hydrogen-bond acceptors (Lipinski definition) is 4. The van der Waals surface area contributed by atoms with Gasteiger partial charge in [0.25, 0.3) is 0 Å². The first kappa shape index (κ1) is 15.8. The molecular formula is C17H14ClFN2OS. The Bertz CT molecular complexity index is 850. The Kier molecular flexibility index (Phi) is 4.50. The van der Waals surface area contributed by atoms with Crippen LogP contribution in [-0.4, -0.2) is 12.1 Å². The molecule has 0 aliphatic heterocycles. The molecule has 0 unspecified atom stereocenters. The molecule has 0 fully saturated rings. The Morgan fingerprint density at radius 2 is 2.04 bits per heavy atom. The smallest absolute Gasteiger partial charge is 0.187 e. The van der Waals surface area contributed by atoms with Crippen LogP contribution in [0.1, 0.15) is 5.56 Å². The van der Waals surface area contributed by atoms with Gasteiger partial charge in [-0.15, -0.1) is 11.3 Å². The van der Waals surface area contributed by atoms with E-state index in [0.29, 0.717) is 16.3 Å². The molecule has 0 amide bonds. The molecule has 23 heavy (non-hydrogen) atoms. The lowest BCUT2D eigenvalue weighted by Gasteiger charge is -2.05. The van der Waals surface area contributed by atoms with Gasteiger partial charge >= 0.3 is 0 Å². The molecular weight excluding hydrogens is 335 g/mol. The average Bonchev–Trinajstić information content (AvgIpc) is 2.99. The number of aromatic nitrogens is 1. The van der Waals surface area contributed by atoms with Crippen molar-refractivity contribution in [3.8, 4) is 17.0 Å². The molecule has 1 N–H and O–H groups in total. The molecule has 1 heterocycles. The summed E-state index contributed by atoms with van der Waals surface area (Å²) >= 11 is 7.56. The van der Waals surface area contributed by atoms with Gasteiger partial charge in [-0.2, -0.15) is 0 Å². The van der Waals surface area contributed by atoms with Gasteiger partial charge in [0.2, 0.25) is 0 Å². The highest BCUT2D eigenvalue weighted by atomic mass is 35.5. The van der Waals surface area contributed by atoms with Gasteiger partial charge in [-0.25, -0.2) is 9.37 Å². The second-order valence-corrected chi connectivity index (χ2v) is 6.24. The van der Waals surface area contributed by atoms with Crippen LogP contribution in [0.3, 0.4) is 0 Å². The van der Waals surface area contributed by atoms with E-state index in [9.17, 15) is 4.39 Å². The van der Waals surface area contributed by atoms with Gasteiger partial charge in [0, 0.05) is 21.7 Å². The minimum Gasteiger partial charge on any atom is -0.494 e. The first-order valence-corrected chi connectivity index (χ1v) is 8.15. The van der Waals surface area contributed by atoms with Crippen molar-refractivity contribution in [2.24, 2.45) is 0 Å². The fourth-order valence-corrected chi connectivity index (χ4v) is 3.00. The predicted octanol–water partition coefficient (Wildman–Crippen LogP) is 5.66. The van der Waals surface area contributed by atoms with Crippen LogP contribution in [0.5, 0.6) is 5.75 Å². The maximum atomic E-state index is 13.8. The second kappa shape index (κ2) is 6.56. The number of nitrogens with zero attached hydrogens (tertiary/aromatic N) is 1. The highest BCUT2D eigenvalue weighted by molar-refractivity contribution is 7.14. The lowest BCUT2D eigenvalue weighted by molar-refractivity contribution is 0.386. The standard InChI is InChI=1S/C17H14ClFN2OS/c1-10-3-5-12(8-13(10)18)20-17-21-15(9-23-17)11-4-6-16(22-2)14(19)7-11/h3-9H,1-2H3,(H,20,21). The first-order valence-electron chi connectivity index (χ1n) is 6.89. The Morgan fingerprint density at radius 1 is 1.22 bits per heavy atom. The van der Waals surface area contributed by atoms with E-state index in [4.69, 9.17) is 16.3 Å². The van der Waals surface area contributed by atoms with Gasteiger partial charge in [-0.1, -0.05) is 17.7 Å². The Balaban J connectivity index is 1.82. The van der Waals surface area contributed by atoms with E-state index in [-0.39, 0.29) is 5.75 Å². The van der Waals surface area contributed by atoms with Crippen LogP contribution >= 0.6 is 22.9 Å². The quantitative estimate of drug-likeness (QED) is 0.660. The number of hydrogen-bond donors (Lipinski definition) is 1. The van der Waals surface area contributed by atoms with E-state index in [1.165, 1.54) is 24.5 Å². The lowest BCUT2D eigenvalue weighted by Crippen LogP contribution is -1.91. The van der Waals surface area contributed by atoms with Crippen LogP contribution in [0.2, 0.25) is 5.02 Å². The molecule has 0 bridgehead atoms. The van der Waals surface area contributed by atoms with Crippen molar-refractivity contribution in [2.45, 2.75) is 6.92 Å². The molecule has 0 aliphatic rings. The van der Waals surface area contributed by atoms with Crippen molar-refractivity contribution in [1.29, 1.82) is 0 Å². The van der Waals surface area contributed by atoms with Gasteiger partial charge < -0.3 is 10.1 Å². The van der Waals surface area contributed by atoms with Crippen LogP contribution < -0.4 is 10.1 Å². The molecule has 118 valence electrons. The third-order valence-corrected chi connectivity index (χ3v) is 4.54. The third-order valence-electron chi connectivity index (χ3n) is 3.37. The molecule has 0 saturated carbocycles. The van der Waals surface area contributed by atoms with Crippen molar-refractivity contribution < 1.29 is 9.13 Å². The summed E-state index contributed by atoms with van der Waals surface area (Å²) in [4.78, 5) is 4.48. The summed E-state index contributed by atoms with van der Waals surface area (Å²) < 4.78 is 18.7. The number of anilines is 2. The molecule has 3 nitrogen and oxygen atoms in total. The molecule has 0 radical (unpaired) electrons. The van der Waals surface area contributed by atoms with E-state index >= 15 is 0 Å². The van der Waals surface area contributed by atoms with Crippen molar-refractivity contribution in [2.75, 3.05) is 12.4 Å². The van der Waals surface area contributed by atoms with Crippen molar-refractivity contribution in [3.05, 3.63) is 58.2 Å². The minimum absolute atomic E-state index is 0.219. The Morgan fingerprint density at radius 3 is 2.74 bits per heavy atom. The monoisotopic (exact) mass is 348 g/mol. The maximum Gasteiger partial charge on any atom is 0.187 e. The number of ether oxygens (including phenoxy) is 1. The van der Waals surface area contributed by atoms with E-state index in [1.807, 2.05) is 30.5 Å². The van der Waals surface area contributed by atoms with Crippen LogP contribution in [0.25, 0.3) is 11.3 Å². The third kappa shape index (κ3) is 3.46. The number of aryl methyl sites for hydroxylation is 1. The Labute approximate surface area is 142 Å². The number of methoxy groups -OCH3 is 1. The first-order chi connectivity index (χ1) is 11.1. The van der Waals surface area contributed by atoms with Crippen molar-refractivity contribution in [3.63, 3.8) is 0 Å². The molecule has 0 atom stereocenters. The zero-order valence-electron chi connectivity index (χ0n) is 12.6. The second-order valence-electron chi connectivity index (χ2n) is 4.98. The van der Waals surface area contributed by atoms with Gasteiger partial charge in [-0.3, -0.25) is 0 Å². The molecule has 1 aromatic heterocycles. The van der Waals surface area contributed by atoms with E-state index in [0.717, 1.165) is 16.4 Å². The fourth-order valence-electron chi connectivity index (χ4n) is 2.08. The van der Waals surface area contributed by atoms with Gasteiger partial charge in [0.1, 0.15) is 0 Å². The fraction of sp³-hybridized carbons (Fsp3) is 0.118. The van der Waals surface area contributed by atoms with Crippen LogP contribution in [0.4, 0.5) is 15.2 Å². The molecule has 0 spiro atoms. The minimum atomic E-state index is -0.405. The summed E-state index contributed by atoms with van der Waals surface area (Å²) in [7, 11) is 1.44. The summed E-state index contributed by atoms with van der Waals surface area (Å²) in [5, 5.41) is 6.49. The van der Waals surface area contributed by atoms with Gasteiger partial charge in [-0.05, 0) is 42.8 Å². The molecule has 0 saturated heterocycles. The summed E-state index contributed by atoms with van der Waals surface area (Å²) in [6.45, 7) is 1.95. The normalized spacial score (nSPS) is 10.6. The lowest BCUT2D eigenvalue weighted by atomic mass is 10.1. The largest absolute Gasteiger partial charge is 0.494 e. The number of benzene rings is 2. The number of rotatable bonds is 4. The molecule has 6 heteroatoms. The zero-order chi connectivity index (χ0) is 16.4.